The van der Waals surface area contributed by atoms with Crippen molar-refractivity contribution in [3.05, 3.63) is 53.8 Å². The summed E-state index contributed by atoms with van der Waals surface area (Å²) in [5.41, 5.74) is 1.74. The number of hydrogen-bond donors (Lipinski definition) is 1. The Hall–Kier alpha value is -3.09. The van der Waals surface area contributed by atoms with Crippen molar-refractivity contribution in [1.29, 1.82) is 0 Å². The van der Waals surface area contributed by atoms with E-state index in [1.165, 1.54) is 12.1 Å². The smallest absolute Gasteiger partial charge is 0.268 e. The number of nitrogens with zero attached hydrogens (tertiary/aromatic N) is 1. The van der Waals surface area contributed by atoms with E-state index in [9.17, 15) is 9.18 Å². The highest BCUT2D eigenvalue weighted by molar-refractivity contribution is 6.06. The second kappa shape index (κ2) is 7.03. The van der Waals surface area contributed by atoms with Crippen LogP contribution in [0.5, 0.6) is 11.5 Å². The standard InChI is InChI=1S/C19H17FN2O4/c20-13-4-1-3-12(9-13)15-11-18(26-22-15)19(23)21-14-5-6-16-17(10-14)25-8-2-7-24-16/h1,3-6,9-10,18H,2,7-8,11H2,(H,21,23)/t18-/m1/s1. The maximum absolute atomic E-state index is 13.3. The zero-order valence-electron chi connectivity index (χ0n) is 13.9. The number of anilines is 1. The molecule has 0 radical (unpaired) electrons. The third-order valence-electron chi connectivity index (χ3n) is 4.13. The summed E-state index contributed by atoms with van der Waals surface area (Å²) < 4.78 is 24.5. The lowest BCUT2D eigenvalue weighted by Gasteiger charge is -2.12. The third-order valence-corrected chi connectivity index (χ3v) is 4.13. The average Bonchev–Trinajstić information content (AvgIpc) is 3.02. The highest BCUT2D eigenvalue weighted by Gasteiger charge is 2.29. The molecular formula is C19H17FN2O4. The molecule has 2 heterocycles. The monoisotopic (exact) mass is 356 g/mol. The summed E-state index contributed by atoms with van der Waals surface area (Å²) in [5.74, 6) is 0.582. The highest BCUT2D eigenvalue weighted by Crippen LogP contribution is 2.32. The first-order chi connectivity index (χ1) is 12.7. The van der Waals surface area contributed by atoms with Crippen LogP contribution in [0.2, 0.25) is 0 Å². The topological polar surface area (TPSA) is 69.2 Å². The van der Waals surface area contributed by atoms with Crippen molar-refractivity contribution in [1.82, 2.24) is 0 Å². The van der Waals surface area contributed by atoms with Gasteiger partial charge in [-0.15, -0.1) is 0 Å². The maximum Gasteiger partial charge on any atom is 0.268 e. The fourth-order valence-electron chi connectivity index (χ4n) is 2.82. The predicted molar refractivity (Wildman–Crippen MR) is 93.1 cm³/mol. The summed E-state index contributed by atoms with van der Waals surface area (Å²) in [7, 11) is 0. The van der Waals surface area contributed by atoms with E-state index in [1.54, 1.807) is 30.3 Å². The number of halogens is 1. The number of ether oxygens (including phenoxy) is 2. The van der Waals surface area contributed by atoms with Crippen LogP contribution in [0.3, 0.4) is 0 Å². The van der Waals surface area contributed by atoms with E-state index in [0.717, 1.165) is 6.42 Å². The minimum atomic E-state index is -0.760. The molecular weight excluding hydrogens is 339 g/mol. The minimum Gasteiger partial charge on any atom is -0.490 e. The molecule has 1 amide bonds. The van der Waals surface area contributed by atoms with E-state index in [-0.39, 0.29) is 18.1 Å². The second-order valence-corrected chi connectivity index (χ2v) is 6.05. The van der Waals surface area contributed by atoms with E-state index in [2.05, 4.69) is 10.5 Å². The SMILES string of the molecule is O=C(Nc1ccc2c(c1)OCCCO2)[C@H]1CC(c2cccc(F)c2)=NO1. The normalized spacial score (nSPS) is 18.5. The average molecular weight is 356 g/mol. The largest absolute Gasteiger partial charge is 0.490 e. The van der Waals surface area contributed by atoms with Gasteiger partial charge in [-0.3, -0.25) is 4.79 Å². The predicted octanol–water partition coefficient (Wildman–Crippen LogP) is 3.12. The fourth-order valence-corrected chi connectivity index (χ4v) is 2.82. The van der Waals surface area contributed by atoms with Gasteiger partial charge in [-0.25, -0.2) is 4.39 Å². The van der Waals surface area contributed by atoms with Crippen LogP contribution < -0.4 is 14.8 Å². The van der Waals surface area contributed by atoms with Crippen molar-refractivity contribution in [2.75, 3.05) is 18.5 Å². The van der Waals surface area contributed by atoms with Gasteiger partial charge in [0.2, 0.25) is 6.10 Å². The Morgan fingerprint density at radius 3 is 2.81 bits per heavy atom. The number of nitrogens with one attached hydrogen (secondary N) is 1. The summed E-state index contributed by atoms with van der Waals surface area (Å²) in [6.45, 7) is 1.18. The van der Waals surface area contributed by atoms with Gasteiger partial charge in [0.25, 0.3) is 5.91 Å². The Morgan fingerprint density at radius 2 is 1.96 bits per heavy atom. The van der Waals surface area contributed by atoms with E-state index in [1.807, 2.05) is 0 Å². The molecule has 0 spiro atoms. The molecule has 7 heteroatoms. The maximum atomic E-state index is 13.3. The zero-order chi connectivity index (χ0) is 17.9. The van der Waals surface area contributed by atoms with Crippen molar-refractivity contribution >= 4 is 17.3 Å². The van der Waals surface area contributed by atoms with Crippen LogP contribution in [0.25, 0.3) is 0 Å². The number of carbonyl (C=O) groups excluding carboxylic acids is 1. The van der Waals surface area contributed by atoms with E-state index in [0.29, 0.717) is 41.7 Å². The molecule has 0 unspecified atom stereocenters. The van der Waals surface area contributed by atoms with Crippen LogP contribution in [0.4, 0.5) is 10.1 Å². The van der Waals surface area contributed by atoms with Gasteiger partial charge in [-0.1, -0.05) is 17.3 Å². The Balaban J connectivity index is 1.41. The molecule has 1 N–H and O–H groups in total. The molecule has 2 aromatic rings. The van der Waals surface area contributed by atoms with Crippen LogP contribution in [-0.4, -0.2) is 30.9 Å². The van der Waals surface area contributed by atoms with Crippen LogP contribution in [0, 0.1) is 5.82 Å². The Labute approximate surface area is 149 Å². The number of oxime groups is 1. The summed E-state index contributed by atoms with van der Waals surface area (Å²) in [4.78, 5) is 17.7. The molecule has 0 aliphatic carbocycles. The molecule has 26 heavy (non-hydrogen) atoms. The van der Waals surface area contributed by atoms with Crippen LogP contribution in [-0.2, 0) is 9.63 Å². The van der Waals surface area contributed by atoms with Gasteiger partial charge in [0.15, 0.2) is 11.5 Å². The Kier molecular flexibility index (Phi) is 4.43. The minimum absolute atomic E-state index is 0.278. The summed E-state index contributed by atoms with van der Waals surface area (Å²) >= 11 is 0. The van der Waals surface area contributed by atoms with Gasteiger partial charge in [0.1, 0.15) is 5.82 Å². The quantitative estimate of drug-likeness (QED) is 0.917. The fraction of sp³-hybridized carbons (Fsp3) is 0.263. The lowest BCUT2D eigenvalue weighted by Crippen LogP contribution is -2.28. The Morgan fingerprint density at radius 1 is 1.12 bits per heavy atom. The van der Waals surface area contributed by atoms with Gasteiger partial charge in [0, 0.05) is 30.2 Å². The van der Waals surface area contributed by atoms with Gasteiger partial charge < -0.3 is 19.6 Å². The van der Waals surface area contributed by atoms with Crippen molar-refractivity contribution in [2.45, 2.75) is 18.9 Å². The molecule has 0 bridgehead atoms. The molecule has 2 aliphatic rings. The van der Waals surface area contributed by atoms with Crippen molar-refractivity contribution in [3.8, 4) is 11.5 Å². The Bertz CT molecular complexity index is 868. The van der Waals surface area contributed by atoms with Gasteiger partial charge in [-0.2, -0.15) is 0 Å². The lowest BCUT2D eigenvalue weighted by atomic mass is 10.0. The first-order valence-electron chi connectivity index (χ1n) is 8.38. The van der Waals surface area contributed by atoms with Crippen molar-refractivity contribution < 1.29 is 23.5 Å². The van der Waals surface area contributed by atoms with Crippen molar-refractivity contribution in [3.63, 3.8) is 0 Å². The number of benzene rings is 2. The van der Waals surface area contributed by atoms with Gasteiger partial charge in [0.05, 0.1) is 18.9 Å². The van der Waals surface area contributed by atoms with E-state index >= 15 is 0 Å². The first-order valence-corrected chi connectivity index (χ1v) is 8.38. The molecule has 4 rings (SSSR count). The second-order valence-electron chi connectivity index (χ2n) is 6.05. The first kappa shape index (κ1) is 16.4. The van der Waals surface area contributed by atoms with Crippen molar-refractivity contribution in [2.24, 2.45) is 5.16 Å². The molecule has 0 aromatic heterocycles. The van der Waals surface area contributed by atoms with Gasteiger partial charge in [-0.05, 0) is 24.3 Å². The zero-order valence-corrected chi connectivity index (χ0v) is 13.9. The number of amides is 1. The number of carbonyl (C=O) groups is 1. The lowest BCUT2D eigenvalue weighted by molar-refractivity contribution is -0.125. The summed E-state index contributed by atoms with van der Waals surface area (Å²) in [6.07, 6.45) is 0.330. The van der Waals surface area contributed by atoms with E-state index in [4.69, 9.17) is 14.3 Å². The molecule has 1 atom stereocenters. The molecule has 0 fully saturated rings. The molecule has 6 nitrogen and oxygen atoms in total. The van der Waals surface area contributed by atoms with Crippen LogP contribution in [0.15, 0.2) is 47.6 Å². The third kappa shape index (κ3) is 3.46. The molecule has 0 saturated carbocycles. The molecule has 2 aromatic carbocycles. The van der Waals surface area contributed by atoms with Crippen LogP contribution in [0.1, 0.15) is 18.4 Å². The van der Waals surface area contributed by atoms with Crippen LogP contribution >= 0.6 is 0 Å². The number of hydrogen-bond acceptors (Lipinski definition) is 5. The summed E-state index contributed by atoms with van der Waals surface area (Å²) in [5, 5.41) is 6.71. The van der Waals surface area contributed by atoms with E-state index < -0.39 is 6.10 Å². The molecule has 2 aliphatic heterocycles. The van der Waals surface area contributed by atoms with Gasteiger partial charge >= 0.3 is 0 Å². The highest BCUT2D eigenvalue weighted by atomic mass is 19.1. The molecule has 134 valence electrons. The number of fused-ring (bicyclic) bond motifs is 1. The molecule has 0 saturated heterocycles. The number of rotatable bonds is 3. The summed E-state index contributed by atoms with van der Waals surface area (Å²) in [6, 6.07) is 11.3.